The molecule has 8 nitrogen and oxygen atoms in total. The second-order valence-electron chi connectivity index (χ2n) is 20.0. The number of hydrogen-bond acceptors (Lipinski definition) is 6. The van der Waals surface area contributed by atoms with Gasteiger partial charge in [-0.1, -0.05) is 12.1 Å². The van der Waals surface area contributed by atoms with Gasteiger partial charge in [0.25, 0.3) is 0 Å². The van der Waals surface area contributed by atoms with Crippen molar-refractivity contribution in [3.05, 3.63) is 295 Å². The van der Waals surface area contributed by atoms with Crippen molar-refractivity contribution in [1.82, 2.24) is 19.5 Å². The molecule has 13 rings (SSSR count). The molecule has 0 spiro atoms. The molecule has 0 saturated heterocycles. The van der Waals surface area contributed by atoms with E-state index in [1.807, 2.05) is 97.1 Å². The zero-order valence-corrected chi connectivity index (χ0v) is 46.1. The summed E-state index contributed by atoms with van der Waals surface area (Å²) < 4.78 is 7.47. The van der Waals surface area contributed by atoms with E-state index in [4.69, 9.17) is 21.5 Å². The molecule has 2 aromatic heterocycles. The first kappa shape index (κ1) is 50.3. The first-order valence-electron chi connectivity index (χ1n) is 26.7. The van der Waals surface area contributed by atoms with Crippen molar-refractivity contribution in [3.63, 3.8) is 0 Å². The van der Waals surface area contributed by atoms with Gasteiger partial charge in [-0.25, -0.2) is 4.85 Å². The normalized spacial score (nSPS) is 11.1. The maximum atomic E-state index is 10.1. The van der Waals surface area contributed by atoms with Gasteiger partial charge in [0.05, 0.1) is 35.9 Å². The predicted octanol–water partition coefficient (Wildman–Crippen LogP) is 14.5. The third-order valence-electron chi connectivity index (χ3n) is 15.2. The summed E-state index contributed by atoms with van der Waals surface area (Å²) >= 11 is -3.73. The molecule has 0 saturated carbocycles. The SMILES string of the molecule is [C-]#[N+]c1cc(C#N)cc(-c2ccc3c4ccc(-c5cc(C#N)cc(C#N)c5)cc4n(-c4ccc(-c5ccc[c]([Ge]([c]6ccccc6)([c]6ccccc6)[c]6ccccc6)c5)cc4-c4nc(-c5ccccc5)nc(-c5ccccc5)n4)c3c2)c1. The van der Waals surface area contributed by atoms with Crippen LogP contribution in [0.25, 0.3) is 99.9 Å². The average molecular weight is 1110 g/mol. The molecule has 0 amide bonds. The quantitative estimate of drug-likeness (QED) is 0.0940. The van der Waals surface area contributed by atoms with Gasteiger partial charge in [0, 0.05) is 5.56 Å². The van der Waals surface area contributed by atoms with E-state index in [1.54, 1.807) is 12.1 Å². The van der Waals surface area contributed by atoms with E-state index < -0.39 is 13.3 Å². The number of benzene rings is 11. The second-order valence-corrected chi connectivity index (χ2v) is 28.0. The summed E-state index contributed by atoms with van der Waals surface area (Å²) in [5, 5.41) is 32.2. The van der Waals surface area contributed by atoms with Crippen molar-refractivity contribution < 1.29 is 0 Å². The third kappa shape index (κ3) is 9.14. The van der Waals surface area contributed by atoms with Crippen molar-refractivity contribution in [3.8, 4) is 91.4 Å². The van der Waals surface area contributed by atoms with Crippen LogP contribution in [0.1, 0.15) is 16.7 Å². The van der Waals surface area contributed by atoms with Gasteiger partial charge in [0.15, 0.2) is 5.69 Å². The van der Waals surface area contributed by atoms with E-state index in [0.29, 0.717) is 39.9 Å². The van der Waals surface area contributed by atoms with Crippen LogP contribution in [0, 0.1) is 40.6 Å². The Morgan fingerprint density at radius 3 is 1.23 bits per heavy atom. The molecule has 0 aliphatic heterocycles. The molecule has 13 aromatic rings. The standard InChI is InChI=1S/C73H44GeN8/c1-78-64-40-51(48-77)39-59(42-64)57-31-34-66-65-33-30-56(58-37-49(46-75)36-50(38-58)47-76)44-69(65)82(70(66)45-57)68-35-32-55(43-67(68)73-80-71(52-18-7-2-8-19-52)79-72(81-73)53-20-9-3-10-21-53)54-22-17-29-63(41-54)74(60-23-11-4-12-24-60,61-25-13-5-14-26-61)62-27-15-6-16-28-62/h2-45H. The Morgan fingerprint density at radius 1 is 0.341 bits per heavy atom. The van der Waals surface area contributed by atoms with Crippen LogP contribution in [0.5, 0.6) is 0 Å². The van der Waals surface area contributed by atoms with Crippen LogP contribution >= 0.6 is 0 Å². The van der Waals surface area contributed by atoms with Gasteiger partial charge in [-0.3, -0.25) is 0 Å². The van der Waals surface area contributed by atoms with Gasteiger partial charge in [-0.2, -0.15) is 15.8 Å². The van der Waals surface area contributed by atoms with Gasteiger partial charge >= 0.3 is 364 Å². The van der Waals surface area contributed by atoms with Crippen molar-refractivity contribution in [2.75, 3.05) is 0 Å². The summed E-state index contributed by atoms with van der Waals surface area (Å²) in [5.41, 5.74) is 11.5. The molecule has 0 aliphatic rings. The summed E-state index contributed by atoms with van der Waals surface area (Å²) in [6.07, 6.45) is 0. The van der Waals surface area contributed by atoms with Gasteiger partial charge < -0.3 is 0 Å². The molecule has 0 N–H and O–H groups in total. The fraction of sp³-hybridized carbons (Fsp3) is 0. The van der Waals surface area contributed by atoms with Crippen LogP contribution in [-0.2, 0) is 0 Å². The Kier molecular flexibility index (Phi) is 13.2. The Morgan fingerprint density at radius 2 is 0.744 bits per heavy atom. The maximum Gasteiger partial charge on any atom is -0.0486 e. The Hall–Kier alpha value is -11.3. The fourth-order valence-corrected chi connectivity index (χ4v) is 21.5. The first-order valence-corrected chi connectivity index (χ1v) is 30.9. The van der Waals surface area contributed by atoms with Gasteiger partial charge in [0.2, 0.25) is 0 Å². The molecule has 0 atom stereocenters. The molecule has 2 heterocycles. The molecule has 0 radical (unpaired) electrons. The molecule has 9 heteroatoms. The van der Waals surface area contributed by atoms with E-state index in [0.717, 1.165) is 77.6 Å². The number of nitriles is 3. The monoisotopic (exact) mass is 1110 g/mol. The molecule has 0 unspecified atom stereocenters. The molecule has 82 heavy (non-hydrogen) atoms. The topological polar surface area (TPSA) is 119 Å². The average Bonchev–Trinajstić information content (AvgIpc) is 4.10. The van der Waals surface area contributed by atoms with E-state index in [1.165, 1.54) is 17.6 Å². The van der Waals surface area contributed by atoms with Crippen molar-refractivity contribution in [2.45, 2.75) is 0 Å². The Balaban J connectivity index is 1.12. The van der Waals surface area contributed by atoms with Crippen molar-refractivity contribution in [1.29, 1.82) is 15.8 Å². The van der Waals surface area contributed by atoms with Gasteiger partial charge in [-0.05, 0) is 36.4 Å². The van der Waals surface area contributed by atoms with E-state index in [2.05, 4.69) is 185 Å². The second kappa shape index (κ2) is 21.5. The fourth-order valence-electron chi connectivity index (χ4n) is 11.5. The van der Waals surface area contributed by atoms with Crippen LogP contribution < -0.4 is 17.6 Å². The minimum Gasteiger partial charge on any atom is -0.0486 e. The van der Waals surface area contributed by atoms with E-state index in [-0.39, 0.29) is 0 Å². The molecular weight excluding hydrogens is 1060 g/mol. The minimum atomic E-state index is -3.73. The third-order valence-corrected chi connectivity index (χ3v) is 25.2. The maximum absolute atomic E-state index is 10.1. The number of nitrogens with zero attached hydrogens (tertiary/aromatic N) is 8. The number of hydrogen-bond donors (Lipinski definition) is 0. The molecule has 0 aliphatic carbocycles. The molecule has 11 aromatic carbocycles. The van der Waals surface area contributed by atoms with Crippen LogP contribution in [0.15, 0.2) is 267 Å². The van der Waals surface area contributed by atoms with E-state index >= 15 is 0 Å². The number of fused-ring (bicyclic) bond motifs is 3. The van der Waals surface area contributed by atoms with Crippen LogP contribution in [0.4, 0.5) is 5.69 Å². The van der Waals surface area contributed by atoms with Crippen LogP contribution in [-0.4, -0.2) is 32.8 Å². The summed E-state index contributed by atoms with van der Waals surface area (Å²) in [5.74, 6) is 1.48. The molecule has 0 fully saturated rings. The molecular formula is C73H44GeN8. The zero-order valence-electron chi connectivity index (χ0n) is 44.0. The largest absolute Gasteiger partial charge is 0.0486 e. The predicted molar refractivity (Wildman–Crippen MR) is 331 cm³/mol. The molecule has 380 valence electrons. The van der Waals surface area contributed by atoms with Crippen molar-refractivity contribution in [2.24, 2.45) is 0 Å². The smallest absolute Gasteiger partial charge is 0.0486 e. The van der Waals surface area contributed by atoms with Gasteiger partial charge in [0.1, 0.15) is 0 Å². The van der Waals surface area contributed by atoms with Crippen LogP contribution in [0.2, 0.25) is 0 Å². The minimum absolute atomic E-state index is 0.369. The van der Waals surface area contributed by atoms with Crippen LogP contribution in [0.3, 0.4) is 0 Å². The molecule has 0 bridgehead atoms. The van der Waals surface area contributed by atoms with E-state index in [9.17, 15) is 15.8 Å². The summed E-state index contributed by atoms with van der Waals surface area (Å²) in [4.78, 5) is 19.7. The number of rotatable bonds is 11. The first-order chi connectivity index (χ1) is 40.4. The Bertz CT molecular complexity index is 4430. The Labute approximate surface area is 477 Å². The summed E-state index contributed by atoms with van der Waals surface area (Å²) in [7, 11) is 0. The zero-order chi connectivity index (χ0) is 55.6. The summed E-state index contributed by atoms with van der Waals surface area (Å²) in [6, 6.07) is 98.2. The number of aromatic nitrogens is 4. The van der Waals surface area contributed by atoms with Gasteiger partial charge in [-0.15, -0.1) is 0 Å². The summed E-state index contributed by atoms with van der Waals surface area (Å²) in [6.45, 7) is 7.91. The van der Waals surface area contributed by atoms with Crippen molar-refractivity contribution >= 4 is 58.3 Å².